The van der Waals surface area contributed by atoms with E-state index in [0.29, 0.717) is 21.4 Å². The summed E-state index contributed by atoms with van der Waals surface area (Å²) < 4.78 is 0. The highest BCUT2D eigenvalue weighted by Gasteiger charge is 2.39. The maximum absolute atomic E-state index is 13.9. The van der Waals surface area contributed by atoms with E-state index in [0.717, 1.165) is 37.9 Å². The van der Waals surface area contributed by atoms with E-state index >= 15 is 0 Å². The fourth-order valence-corrected chi connectivity index (χ4v) is 4.80. The molecule has 2 heterocycles. The van der Waals surface area contributed by atoms with Gasteiger partial charge in [0.05, 0.1) is 16.8 Å². The first-order valence-electron chi connectivity index (χ1n) is 11.0. The molecule has 2 aromatic carbocycles. The van der Waals surface area contributed by atoms with Crippen LogP contribution in [0.5, 0.6) is 0 Å². The average Bonchev–Trinajstić information content (AvgIpc) is 3.03. The van der Waals surface area contributed by atoms with Crippen LogP contribution in [-0.4, -0.2) is 29.7 Å². The minimum atomic E-state index is -0.106. The van der Waals surface area contributed by atoms with Gasteiger partial charge in [0, 0.05) is 24.0 Å². The smallest absolute Gasteiger partial charge is 0.289 e. The monoisotopic (exact) mass is 458 g/mol. The van der Waals surface area contributed by atoms with E-state index in [1.54, 1.807) is 5.01 Å². The zero-order chi connectivity index (χ0) is 21.8. The lowest BCUT2D eigenvalue weighted by Gasteiger charge is -2.35. The summed E-state index contributed by atoms with van der Waals surface area (Å²) in [5.74, 6) is -0.142. The third kappa shape index (κ3) is 4.74. The standard InChI is InChI=1S/C24H28Cl2N4O/c1-2-19-22(17-11-13-18(25)14-12-17)27-28-23(19)24(31)30(21-10-6-5-9-20(21)26)29-15-7-3-4-8-16-29/h5-6,9-14,19,22,27H,2-4,7-8,15-16H2,1H3/t19-,22+/m1/s1. The van der Waals surface area contributed by atoms with E-state index < -0.39 is 0 Å². The second-order valence-electron chi connectivity index (χ2n) is 8.11. The number of carbonyl (C=O) groups is 1. The van der Waals surface area contributed by atoms with Crippen LogP contribution in [0.4, 0.5) is 5.69 Å². The van der Waals surface area contributed by atoms with Gasteiger partial charge < -0.3 is 5.43 Å². The number of carbonyl (C=O) groups excluding carboxylic acids is 1. The third-order valence-corrected chi connectivity index (χ3v) is 6.68. The molecule has 1 fully saturated rings. The molecule has 1 N–H and O–H groups in total. The summed E-state index contributed by atoms with van der Waals surface area (Å²) in [5.41, 5.74) is 5.54. The first-order valence-corrected chi connectivity index (χ1v) is 11.8. The molecule has 2 aromatic rings. The van der Waals surface area contributed by atoms with Crippen molar-refractivity contribution in [2.45, 2.75) is 45.1 Å². The third-order valence-electron chi connectivity index (χ3n) is 6.10. The Morgan fingerprint density at radius 1 is 1.06 bits per heavy atom. The summed E-state index contributed by atoms with van der Waals surface area (Å²) in [5, 5.41) is 9.70. The predicted octanol–water partition coefficient (Wildman–Crippen LogP) is 5.84. The van der Waals surface area contributed by atoms with Crippen molar-refractivity contribution in [3.05, 3.63) is 64.1 Å². The van der Waals surface area contributed by atoms with Crippen molar-refractivity contribution >= 4 is 40.5 Å². The topological polar surface area (TPSA) is 47.9 Å². The minimum absolute atomic E-state index is 0.0364. The average molecular weight is 459 g/mol. The molecule has 2 aliphatic heterocycles. The number of nitrogens with one attached hydrogen (secondary N) is 1. The molecule has 0 bridgehead atoms. The quantitative estimate of drug-likeness (QED) is 0.611. The van der Waals surface area contributed by atoms with E-state index in [9.17, 15) is 4.79 Å². The Labute approximate surface area is 194 Å². The van der Waals surface area contributed by atoms with Gasteiger partial charge in [-0.25, -0.2) is 10.0 Å². The van der Waals surface area contributed by atoms with Crippen molar-refractivity contribution in [1.82, 2.24) is 10.4 Å². The zero-order valence-corrected chi connectivity index (χ0v) is 19.2. The van der Waals surface area contributed by atoms with Crippen LogP contribution in [0.2, 0.25) is 10.0 Å². The Morgan fingerprint density at radius 2 is 1.74 bits per heavy atom. The first-order chi connectivity index (χ1) is 15.1. The summed E-state index contributed by atoms with van der Waals surface area (Å²) >= 11 is 12.6. The van der Waals surface area contributed by atoms with Crippen LogP contribution in [0.25, 0.3) is 0 Å². The molecule has 164 valence electrons. The molecule has 2 atom stereocenters. The van der Waals surface area contributed by atoms with Gasteiger partial charge in [-0.2, -0.15) is 5.10 Å². The molecule has 31 heavy (non-hydrogen) atoms. The molecule has 0 unspecified atom stereocenters. The van der Waals surface area contributed by atoms with Gasteiger partial charge in [0.1, 0.15) is 5.71 Å². The number of amides is 1. The lowest BCUT2D eigenvalue weighted by atomic mass is 9.88. The minimum Gasteiger partial charge on any atom is -0.301 e. The number of rotatable bonds is 5. The number of benzene rings is 2. The lowest BCUT2D eigenvalue weighted by Crippen LogP contribution is -2.51. The number of hydrogen-bond donors (Lipinski definition) is 1. The molecule has 0 saturated carbocycles. The lowest BCUT2D eigenvalue weighted by molar-refractivity contribution is -0.115. The van der Waals surface area contributed by atoms with Crippen LogP contribution < -0.4 is 10.4 Å². The highest BCUT2D eigenvalue weighted by Crippen LogP contribution is 2.34. The molecule has 4 rings (SSSR count). The van der Waals surface area contributed by atoms with Gasteiger partial charge in [0.15, 0.2) is 0 Å². The summed E-state index contributed by atoms with van der Waals surface area (Å²) in [7, 11) is 0. The summed E-state index contributed by atoms with van der Waals surface area (Å²) in [6, 6.07) is 15.2. The maximum Gasteiger partial charge on any atom is 0.289 e. The Morgan fingerprint density at radius 3 is 2.39 bits per heavy atom. The highest BCUT2D eigenvalue weighted by atomic mass is 35.5. The van der Waals surface area contributed by atoms with E-state index in [1.165, 1.54) is 12.8 Å². The molecule has 0 aliphatic carbocycles. The molecule has 0 spiro atoms. The zero-order valence-electron chi connectivity index (χ0n) is 17.7. The number of para-hydroxylation sites is 1. The Balaban J connectivity index is 1.66. The van der Waals surface area contributed by atoms with E-state index in [-0.39, 0.29) is 17.9 Å². The fourth-order valence-electron chi connectivity index (χ4n) is 4.46. The van der Waals surface area contributed by atoms with Crippen LogP contribution in [-0.2, 0) is 4.79 Å². The number of halogens is 2. The van der Waals surface area contributed by atoms with Crippen molar-refractivity contribution in [3.8, 4) is 0 Å². The molecule has 0 aromatic heterocycles. The molecule has 1 amide bonds. The number of hydrogen-bond acceptors (Lipinski definition) is 4. The van der Waals surface area contributed by atoms with E-state index in [2.05, 4.69) is 22.5 Å². The van der Waals surface area contributed by atoms with E-state index in [1.807, 2.05) is 48.5 Å². The van der Waals surface area contributed by atoms with E-state index in [4.69, 9.17) is 23.2 Å². The Hall–Kier alpha value is -2.08. The van der Waals surface area contributed by atoms with Crippen molar-refractivity contribution in [2.24, 2.45) is 11.0 Å². The molecule has 5 nitrogen and oxygen atoms in total. The first kappa shape index (κ1) is 22.1. The number of anilines is 1. The molecular weight excluding hydrogens is 431 g/mol. The van der Waals surface area contributed by atoms with Crippen molar-refractivity contribution < 1.29 is 4.79 Å². The number of nitrogens with zero attached hydrogens (tertiary/aromatic N) is 3. The van der Waals surface area contributed by atoms with Gasteiger partial charge in [-0.1, -0.05) is 67.2 Å². The Kier molecular flexibility index (Phi) is 7.16. The summed E-state index contributed by atoms with van der Waals surface area (Å²) in [4.78, 5) is 13.9. The molecule has 1 saturated heterocycles. The van der Waals surface area contributed by atoms with Crippen LogP contribution in [0.15, 0.2) is 53.6 Å². The number of hydrazone groups is 1. The number of hydrazine groups is 1. The molecular formula is C24H28Cl2N4O. The Bertz CT molecular complexity index is 939. The second-order valence-corrected chi connectivity index (χ2v) is 8.95. The van der Waals surface area contributed by atoms with Crippen LogP contribution in [0.3, 0.4) is 0 Å². The van der Waals surface area contributed by atoms with Crippen molar-refractivity contribution in [3.63, 3.8) is 0 Å². The van der Waals surface area contributed by atoms with Crippen LogP contribution in [0, 0.1) is 5.92 Å². The fraction of sp³-hybridized carbons (Fsp3) is 0.417. The summed E-state index contributed by atoms with van der Waals surface area (Å²) in [6.45, 7) is 3.75. The second kappa shape index (κ2) is 10.0. The van der Waals surface area contributed by atoms with Gasteiger partial charge in [-0.3, -0.25) is 4.79 Å². The summed E-state index contributed by atoms with van der Waals surface area (Å²) in [6.07, 6.45) is 5.27. The van der Waals surface area contributed by atoms with Crippen LogP contribution in [0.1, 0.15) is 50.6 Å². The predicted molar refractivity (Wildman–Crippen MR) is 128 cm³/mol. The maximum atomic E-state index is 13.9. The van der Waals surface area contributed by atoms with Gasteiger partial charge >= 0.3 is 0 Å². The normalized spacial score (nSPS) is 21.8. The van der Waals surface area contributed by atoms with Gasteiger partial charge in [-0.05, 0) is 49.1 Å². The molecule has 7 heteroatoms. The van der Waals surface area contributed by atoms with Gasteiger partial charge in [0.25, 0.3) is 5.91 Å². The molecule has 2 aliphatic rings. The highest BCUT2D eigenvalue weighted by molar-refractivity contribution is 6.45. The van der Waals surface area contributed by atoms with Gasteiger partial charge in [0.2, 0.25) is 0 Å². The molecule has 0 radical (unpaired) electrons. The SMILES string of the molecule is CC[C@H]1C(C(=O)N(c2ccccc2Cl)N2CCCCCC2)=NN[C@H]1c1ccc(Cl)cc1. The van der Waals surface area contributed by atoms with Gasteiger partial charge in [-0.15, -0.1) is 0 Å². The van der Waals surface area contributed by atoms with Crippen molar-refractivity contribution in [1.29, 1.82) is 0 Å². The van der Waals surface area contributed by atoms with Crippen LogP contribution >= 0.6 is 23.2 Å². The van der Waals surface area contributed by atoms with Crippen molar-refractivity contribution in [2.75, 3.05) is 18.1 Å². The largest absolute Gasteiger partial charge is 0.301 e.